The summed E-state index contributed by atoms with van der Waals surface area (Å²) in [7, 11) is 0. The average Bonchev–Trinajstić information content (AvgIpc) is 2.97. The predicted octanol–water partition coefficient (Wildman–Crippen LogP) is 2.85. The fraction of sp³-hybridized carbons (Fsp3) is 0.533. The molecular weight excluding hydrogens is 356 g/mol. The highest BCUT2D eigenvalue weighted by atomic mass is 79.9. The standard InChI is InChI=1S/C15H21BrN2O2.ClH/c1-2-9-18(13-7-8-17-10-13)15(19)11-20-14-5-3-12(16)4-6-14;/h3-6,13,17H,2,7-11H2,1H3;1H. The van der Waals surface area contributed by atoms with Gasteiger partial charge in [-0.15, -0.1) is 12.4 Å². The van der Waals surface area contributed by atoms with E-state index in [1.807, 2.05) is 29.2 Å². The van der Waals surface area contributed by atoms with Crippen LogP contribution in [0.5, 0.6) is 5.75 Å². The first kappa shape index (κ1) is 18.3. The summed E-state index contributed by atoms with van der Waals surface area (Å²) in [6, 6.07) is 7.85. The van der Waals surface area contributed by atoms with E-state index < -0.39 is 0 Å². The van der Waals surface area contributed by atoms with E-state index in [1.54, 1.807) is 0 Å². The van der Waals surface area contributed by atoms with Gasteiger partial charge < -0.3 is 15.0 Å². The summed E-state index contributed by atoms with van der Waals surface area (Å²) in [6.45, 7) is 4.89. The molecule has 0 aliphatic carbocycles. The lowest BCUT2D eigenvalue weighted by Crippen LogP contribution is -2.44. The van der Waals surface area contributed by atoms with Gasteiger partial charge >= 0.3 is 0 Å². The summed E-state index contributed by atoms with van der Waals surface area (Å²) in [4.78, 5) is 14.3. The molecule has 1 aromatic carbocycles. The summed E-state index contributed by atoms with van der Waals surface area (Å²) in [5, 5.41) is 3.31. The van der Waals surface area contributed by atoms with Crippen molar-refractivity contribution in [3.05, 3.63) is 28.7 Å². The number of carbonyl (C=O) groups excluding carboxylic acids is 1. The van der Waals surface area contributed by atoms with Gasteiger partial charge in [0.1, 0.15) is 5.75 Å². The summed E-state index contributed by atoms with van der Waals surface area (Å²) in [6.07, 6.45) is 2.00. The van der Waals surface area contributed by atoms with Gasteiger partial charge in [0.2, 0.25) is 0 Å². The van der Waals surface area contributed by atoms with E-state index in [0.717, 1.165) is 42.7 Å². The van der Waals surface area contributed by atoms with Crippen molar-refractivity contribution in [1.29, 1.82) is 0 Å². The second-order valence-electron chi connectivity index (χ2n) is 4.98. The second-order valence-corrected chi connectivity index (χ2v) is 5.89. The highest BCUT2D eigenvalue weighted by Gasteiger charge is 2.25. The van der Waals surface area contributed by atoms with Crippen molar-refractivity contribution in [1.82, 2.24) is 10.2 Å². The maximum Gasteiger partial charge on any atom is 0.260 e. The summed E-state index contributed by atoms with van der Waals surface area (Å²) in [5.41, 5.74) is 0. The number of nitrogens with zero attached hydrogens (tertiary/aromatic N) is 1. The van der Waals surface area contributed by atoms with Crippen LogP contribution in [-0.4, -0.2) is 43.1 Å². The molecule has 1 aliphatic rings. The first-order valence-corrected chi connectivity index (χ1v) is 7.88. The molecule has 1 heterocycles. The number of amides is 1. The Balaban J connectivity index is 0.00000220. The first-order valence-electron chi connectivity index (χ1n) is 7.09. The van der Waals surface area contributed by atoms with E-state index in [9.17, 15) is 4.79 Å². The Hall–Kier alpha value is -0.780. The van der Waals surface area contributed by atoms with E-state index in [4.69, 9.17) is 4.74 Å². The minimum absolute atomic E-state index is 0. The summed E-state index contributed by atoms with van der Waals surface area (Å²) >= 11 is 3.38. The molecule has 1 atom stereocenters. The SMILES string of the molecule is CCCN(C(=O)COc1ccc(Br)cc1)C1CCNC1.Cl. The lowest BCUT2D eigenvalue weighted by molar-refractivity contribution is -0.135. The molecule has 21 heavy (non-hydrogen) atoms. The Labute approximate surface area is 140 Å². The maximum atomic E-state index is 12.3. The number of benzene rings is 1. The van der Waals surface area contributed by atoms with Crippen molar-refractivity contribution in [2.45, 2.75) is 25.8 Å². The highest BCUT2D eigenvalue weighted by Crippen LogP contribution is 2.16. The van der Waals surface area contributed by atoms with Crippen molar-refractivity contribution in [3.8, 4) is 5.75 Å². The zero-order valence-corrected chi connectivity index (χ0v) is 14.6. The van der Waals surface area contributed by atoms with Gasteiger partial charge in [0.25, 0.3) is 5.91 Å². The molecule has 1 fully saturated rings. The molecule has 6 heteroatoms. The molecule has 0 bridgehead atoms. The van der Waals surface area contributed by atoms with Crippen LogP contribution in [-0.2, 0) is 4.79 Å². The summed E-state index contributed by atoms with van der Waals surface area (Å²) in [5.74, 6) is 0.797. The number of nitrogens with one attached hydrogen (secondary N) is 1. The van der Waals surface area contributed by atoms with Gasteiger partial charge in [-0.3, -0.25) is 4.79 Å². The molecule has 0 saturated carbocycles. The zero-order valence-electron chi connectivity index (χ0n) is 12.2. The fourth-order valence-corrected chi connectivity index (χ4v) is 2.68. The van der Waals surface area contributed by atoms with Gasteiger partial charge in [-0.1, -0.05) is 22.9 Å². The van der Waals surface area contributed by atoms with Crippen LogP contribution in [0.25, 0.3) is 0 Å². The molecule has 118 valence electrons. The van der Waals surface area contributed by atoms with Crippen molar-refractivity contribution in [2.75, 3.05) is 26.2 Å². The predicted molar refractivity (Wildman–Crippen MR) is 90.2 cm³/mol. The minimum atomic E-state index is 0. The smallest absolute Gasteiger partial charge is 0.260 e. The second kappa shape index (κ2) is 9.28. The summed E-state index contributed by atoms with van der Waals surface area (Å²) < 4.78 is 6.58. The molecule has 1 amide bonds. The van der Waals surface area contributed by atoms with Gasteiger partial charge in [0.15, 0.2) is 6.61 Å². The Morgan fingerprint density at radius 1 is 1.43 bits per heavy atom. The molecule has 1 unspecified atom stereocenters. The number of halogens is 2. The van der Waals surface area contributed by atoms with Crippen LogP contribution in [0.2, 0.25) is 0 Å². The highest BCUT2D eigenvalue weighted by molar-refractivity contribution is 9.10. The molecule has 1 N–H and O–H groups in total. The lowest BCUT2D eigenvalue weighted by atomic mass is 10.2. The number of rotatable bonds is 6. The van der Waals surface area contributed by atoms with Crippen molar-refractivity contribution in [3.63, 3.8) is 0 Å². The molecule has 0 aromatic heterocycles. The van der Waals surface area contributed by atoms with Crippen molar-refractivity contribution < 1.29 is 9.53 Å². The van der Waals surface area contributed by atoms with Crippen LogP contribution in [0.3, 0.4) is 0 Å². The average molecular weight is 378 g/mol. The van der Waals surface area contributed by atoms with Crippen LogP contribution < -0.4 is 10.1 Å². The molecule has 1 aliphatic heterocycles. The van der Waals surface area contributed by atoms with Gasteiger partial charge in [-0.25, -0.2) is 0 Å². The minimum Gasteiger partial charge on any atom is -0.484 e. The molecule has 1 aromatic rings. The molecular formula is C15H22BrClN2O2. The van der Waals surface area contributed by atoms with Gasteiger partial charge in [-0.05, 0) is 43.7 Å². The molecule has 1 saturated heterocycles. The monoisotopic (exact) mass is 376 g/mol. The quantitative estimate of drug-likeness (QED) is 0.829. The van der Waals surface area contributed by atoms with Crippen LogP contribution >= 0.6 is 28.3 Å². The van der Waals surface area contributed by atoms with Crippen LogP contribution in [0.15, 0.2) is 28.7 Å². The number of hydrogen-bond acceptors (Lipinski definition) is 3. The zero-order chi connectivity index (χ0) is 14.4. The Morgan fingerprint density at radius 3 is 2.71 bits per heavy atom. The molecule has 0 radical (unpaired) electrons. The largest absolute Gasteiger partial charge is 0.484 e. The van der Waals surface area contributed by atoms with Crippen molar-refractivity contribution >= 4 is 34.2 Å². The molecule has 0 spiro atoms. The number of carbonyl (C=O) groups is 1. The number of hydrogen-bond donors (Lipinski definition) is 1. The van der Waals surface area contributed by atoms with Crippen LogP contribution in [0.4, 0.5) is 0 Å². The lowest BCUT2D eigenvalue weighted by Gasteiger charge is -2.28. The Morgan fingerprint density at radius 2 is 2.14 bits per heavy atom. The molecule has 2 rings (SSSR count). The van der Waals surface area contributed by atoms with Gasteiger partial charge in [-0.2, -0.15) is 0 Å². The van der Waals surface area contributed by atoms with Crippen LogP contribution in [0.1, 0.15) is 19.8 Å². The van der Waals surface area contributed by atoms with Crippen molar-refractivity contribution in [2.24, 2.45) is 0 Å². The van der Waals surface area contributed by atoms with E-state index >= 15 is 0 Å². The fourth-order valence-electron chi connectivity index (χ4n) is 2.42. The maximum absolute atomic E-state index is 12.3. The van der Waals surface area contributed by atoms with Crippen LogP contribution in [0, 0.1) is 0 Å². The molecule has 4 nitrogen and oxygen atoms in total. The van der Waals surface area contributed by atoms with Gasteiger partial charge in [0.05, 0.1) is 0 Å². The topological polar surface area (TPSA) is 41.6 Å². The van der Waals surface area contributed by atoms with E-state index in [1.165, 1.54) is 0 Å². The number of ether oxygens (including phenoxy) is 1. The third-order valence-corrected chi connectivity index (χ3v) is 3.96. The van der Waals surface area contributed by atoms with E-state index in [2.05, 4.69) is 28.2 Å². The Bertz CT molecular complexity index is 436. The Kier molecular flexibility index (Phi) is 8.07. The van der Waals surface area contributed by atoms with E-state index in [-0.39, 0.29) is 24.9 Å². The first-order chi connectivity index (χ1) is 9.70. The third kappa shape index (κ3) is 5.49. The third-order valence-electron chi connectivity index (χ3n) is 3.44. The van der Waals surface area contributed by atoms with E-state index in [0.29, 0.717) is 6.04 Å². The van der Waals surface area contributed by atoms with Gasteiger partial charge in [0, 0.05) is 23.6 Å². The normalized spacial score (nSPS) is 17.1.